The van der Waals surface area contributed by atoms with Crippen LogP contribution in [-0.4, -0.2) is 14.2 Å². The van der Waals surface area contributed by atoms with Crippen molar-refractivity contribution in [2.24, 2.45) is 0 Å². The average molecular weight is 793 g/mol. The van der Waals surface area contributed by atoms with E-state index in [4.69, 9.17) is 18.6 Å². The second-order valence-electron chi connectivity index (χ2n) is 21.6. The molecule has 0 saturated carbocycles. The zero-order valence-electron chi connectivity index (χ0n) is 37.7. The summed E-state index contributed by atoms with van der Waals surface area (Å²) < 4.78 is 29.1. The van der Waals surface area contributed by atoms with Crippen molar-refractivity contribution in [3.63, 3.8) is 0 Å². The lowest BCUT2D eigenvalue weighted by Gasteiger charge is -2.33. The molecule has 0 spiro atoms. The lowest BCUT2D eigenvalue weighted by atomic mass is 9.74. The molecule has 12 bridgehead atoms. The molecule has 0 aromatic heterocycles. The van der Waals surface area contributed by atoms with Gasteiger partial charge in [0.05, 0.1) is 10.9 Å². The first kappa shape index (κ1) is 40.2. The second kappa shape index (κ2) is 14.2. The Bertz CT molecular complexity index is 2340. The van der Waals surface area contributed by atoms with Crippen LogP contribution in [0.4, 0.5) is 0 Å². The molecule has 4 nitrogen and oxygen atoms in total. The van der Waals surface area contributed by atoms with Crippen LogP contribution in [0.25, 0.3) is 0 Å². The van der Waals surface area contributed by atoms with Gasteiger partial charge in [-0.1, -0.05) is 156 Å². The van der Waals surface area contributed by atoms with Crippen molar-refractivity contribution in [2.75, 3.05) is 0 Å². The molecule has 0 unspecified atom stereocenters. The Morgan fingerprint density at radius 2 is 0.583 bits per heavy atom. The maximum atomic E-state index is 7.28. The summed E-state index contributed by atoms with van der Waals surface area (Å²) in [6, 6.07) is 19.0. The van der Waals surface area contributed by atoms with Crippen molar-refractivity contribution in [3.8, 4) is 23.0 Å². The van der Waals surface area contributed by atoms with Gasteiger partial charge in [0.15, 0.2) is 0 Å². The molecule has 4 aliphatic heterocycles. The van der Waals surface area contributed by atoms with Crippen LogP contribution in [0.2, 0.25) is 0 Å². The minimum atomic E-state index is -0.714. The molecule has 7 aliphatic rings. The van der Waals surface area contributed by atoms with E-state index in [2.05, 4.69) is 155 Å². The maximum absolute atomic E-state index is 7.28. The van der Waals surface area contributed by atoms with E-state index >= 15 is 0 Å². The van der Waals surface area contributed by atoms with Crippen LogP contribution in [0.3, 0.4) is 0 Å². The van der Waals surface area contributed by atoms with E-state index in [-0.39, 0.29) is 21.7 Å². The Kier molecular flexibility index (Phi) is 9.47. The smallest absolute Gasteiger partial charge is 0.521 e. The van der Waals surface area contributed by atoms with E-state index in [9.17, 15) is 0 Å². The summed E-state index contributed by atoms with van der Waals surface area (Å²) in [5.41, 5.74) is 22.3. The molecule has 0 amide bonds. The Hall–Kier alpha value is -5.27. The zero-order valence-corrected chi connectivity index (χ0v) is 37.7. The molecule has 4 aromatic rings. The van der Waals surface area contributed by atoms with Crippen LogP contribution >= 0.6 is 0 Å². The number of fused-ring (bicyclic) bond motifs is 4. The van der Waals surface area contributed by atoms with Gasteiger partial charge < -0.3 is 18.6 Å². The fourth-order valence-corrected chi connectivity index (χ4v) is 8.94. The molecule has 60 heavy (non-hydrogen) atoms. The minimum absolute atomic E-state index is 0.112. The van der Waals surface area contributed by atoms with Gasteiger partial charge in [-0.15, -0.1) is 11.5 Å². The molecule has 3 aliphatic carbocycles. The van der Waals surface area contributed by atoms with Crippen molar-refractivity contribution < 1.29 is 18.6 Å². The van der Waals surface area contributed by atoms with E-state index in [0.29, 0.717) is 25.7 Å². The predicted octanol–water partition coefficient (Wildman–Crippen LogP) is 12.5. The number of hydrogen-bond acceptors (Lipinski definition) is 4. The van der Waals surface area contributed by atoms with Gasteiger partial charge in [-0.25, -0.2) is 0 Å². The monoisotopic (exact) mass is 792 g/mol. The molecular formula is C54H58B2O4. The van der Waals surface area contributed by atoms with Gasteiger partial charge in [-0.05, 0) is 101 Å². The SMILES string of the molecule is CC(C)(C)c1cc2c3c(c1)Cc1cc(C(C)(C)C)cc4c1OB(C1=C=CC=C1)Oc1c(cc(C(C)(C)C)cc1Cc1cc(C(C)(C)C)cc(c1OB(C1=C=CC=C1)O3)C2)C4. The van der Waals surface area contributed by atoms with Crippen LogP contribution in [0, 0.1) is 0 Å². The third kappa shape index (κ3) is 7.55. The van der Waals surface area contributed by atoms with Crippen LogP contribution < -0.4 is 18.6 Å². The number of benzene rings is 4. The van der Waals surface area contributed by atoms with Gasteiger partial charge in [0, 0.05) is 25.7 Å². The third-order valence-electron chi connectivity index (χ3n) is 12.6. The Morgan fingerprint density at radius 1 is 0.367 bits per heavy atom. The van der Waals surface area contributed by atoms with Crippen LogP contribution in [-0.2, 0) is 47.3 Å². The van der Waals surface area contributed by atoms with Gasteiger partial charge in [-0.2, -0.15) is 0 Å². The molecule has 0 saturated heterocycles. The minimum Gasteiger partial charge on any atom is -0.521 e. The van der Waals surface area contributed by atoms with Crippen LogP contribution in [0.1, 0.15) is 150 Å². The molecule has 11 rings (SSSR count). The molecule has 0 fully saturated rings. The average Bonchev–Trinajstić information content (AvgIpc) is 3.86. The summed E-state index contributed by atoms with van der Waals surface area (Å²) in [6.07, 6.45) is 14.6. The summed E-state index contributed by atoms with van der Waals surface area (Å²) in [5, 5.41) is 0. The van der Waals surface area contributed by atoms with Crippen LogP contribution in [0.15, 0.2) is 107 Å². The molecule has 0 N–H and O–H groups in total. The normalized spacial score (nSPS) is 16.6. The molecule has 6 heteroatoms. The predicted molar refractivity (Wildman–Crippen MR) is 247 cm³/mol. The van der Waals surface area contributed by atoms with E-state index in [1.807, 2.05) is 24.3 Å². The highest BCUT2D eigenvalue weighted by molar-refractivity contribution is 6.57. The molecule has 0 radical (unpaired) electrons. The van der Waals surface area contributed by atoms with Crippen molar-refractivity contribution in [1.82, 2.24) is 0 Å². The van der Waals surface area contributed by atoms with E-state index < -0.39 is 14.2 Å². The second-order valence-corrected chi connectivity index (χ2v) is 21.6. The van der Waals surface area contributed by atoms with Crippen molar-refractivity contribution in [3.05, 3.63) is 174 Å². The summed E-state index contributed by atoms with van der Waals surface area (Å²) in [5.74, 6) is 3.46. The summed E-state index contributed by atoms with van der Waals surface area (Å²) in [4.78, 5) is 0. The standard InChI is InChI=1S/C54H58B2O4/c1-51(2,3)41-25-33-21-34-26-42(52(4,5)6)31-39-24-40-32-44(54(10,11)12)28-36-22-35-27-43(53(7,8)9)30-38(49(35)59-56(60-50(36)40)46-19-15-16-20-46)23-37(29-41)47(33)57-55(58-48(34)39)45-17-13-14-18-45/h13-17,19,25-32H,21-24H2,1-12H3. The van der Waals surface area contributed by atoms with E-state index in [1.54, 1.807) is 0 Å². The van der Waals surface area contributed by atoms with Gasteiger partial charge in [0.2, 0.25) is 0 Å². The first-order chi connectivity index (χ1) is 28.2. The Balaban J connectivity index is 1.44. The fourth-order valence-electron chi connectivity index (χ4n) is 8.94. The maximum Gasteiger partial charge on any atom is 0.640 e. The lowest BCUT2D eigenvalue weighted by molar-refractivity contribution is 0.412. The molecular weight excluding hydrogens is 734 g/mol. The molecule has 0 atom stereocenters. The molecule has 304 valence electrons. The fraction of sp³-hybridized carbons (Fsp3) is 0.370. The van der Waals surface area contributed by atoms with E-state index in [0.717, 1.165) is 78.5 Å². The number of hydrogen-bond donors (Lipinski definition) is 0. The lowest BCUT2D eigenvalue weighted by Crippen LogP contribution is -2.36. The van der Waals surface area contributed by atoms with E-state index in [1.165, 1.54) is 22.3 Å². The number of allylic oxidation sites excluding steroid dienone is 6. The summed E-state index contributed by atoms with van der Waals surface area (Å²) >= 11 is 0. The first-order valence-electron chi connectivity index (χ1n) is 21.8. The topological polar surface area (TPSA) is 36.9 Å². The van der Waals surface area contributed by atoms with Gasteiger partial charge in [0.1, 0.15) is 23.0 Å². The highest BCUT2D eigenvalue weighted by Gasteiger charge is 2.39. The Morgan fingerprint density at radius 3 is 0.750 bits per heavy atom. The van der Waals surface area contributed by atoms with Crippen molar-refractivity contribution in [1.29, 1.82) is 0 Å². The van der Waals surface area contributed by atoms with Crippen LogP contribution in [0.5, 0.6) is 23.0 Å². The van der Waals surface area contributed by atoms with Gasteiger partial charge in [-0.3, -0.25) is 0 Å². The first-order valence-corrected chi connectivity index (χ1v) is 21.8. The van der Waals surface area contributed by atoms with Gasteiger partial charge >= 0.3 is 14.2 Å². The molecule has 4 aromatic carbocycles. The quantitative estimate of drug-likeness (QED) is 0.132. The van der Waals surface area contributed by atoms with Crippen molar-refractivity contribution >= 4 is 14.2 Å². The summed E-state index contributed by atoms with van der Waals surface area (Å²) in [7, 11) is -1.43. The third-order valence-corrected chi connectivity index (χ3v) is 12.6. The zero-order chi connectivity index (χ0) is 42.5. The molecule has 4 heterocycles. The van der Waals surface area contributed by atoms with Gasteiger partial charge in [0.25, 0.3) is 0 Å². The highest BCUT2D eigenvalue weighted by atomic mass is 16.6. The highest BCUT2D eigenvalue weighted by Crippen LogP contribution is 2.47. The summed E-state index contributed by atoms with van der Waals surface area (Å²) in [6.45, 7) is 27.6. The Labute approximate surface area is 359 Å². The largest absolute Gasteiger partial charge is 0.640 e. The van der Waals surface area contributed by atoms with Crippen molar-refractivity contribution in [2.45, 2.75) is 130 Å². The number of rotatable bonds is 2.